The number of carbonyl (C=O) groups is 1. The van der Waals surface area contributed by atoms with Gasteiger partial charge in [0, 0.05) is 0 Å². The molecule has 5 aromatic rings. The molecular weight excluding hydrogens is 528 g/mol. The number of hydrogen-bond acceptors (Lipinski definition) is 1. The molecule has 5 aromatic carbocycles. The van der Waals surface area contributed by atoms with Crippen LogP contribution < -0.4 is 21.2 Å². The molecule has 1 N–H and O–H groups in total. The van der Waals surface area contributed by atoms with E-state index in [1.54, 1.807) is 12.1 Å². The molecule has 38 heavy (non-hydrogen) atoms. The van der Waals surface area contributed by atoms with Crippen LogP contribution in [0.1, 0.15) is 15.9 Å². The van der Waals surface area contributed by atoms with Gasteiger partial charge in [0.05, 0.1) is 0 Å². The van der Waals surface area contributed by atoms with Crippen LogP contribution in [0.3, 0.4) is 0 Å². The summed E-state index contributed by atoms with van der Waals surface area (Å²) in [5.41, 5.74) is 2.04. The maximum absolute atomic E-state index is 13.8. The van der Waals surface area contributed by atoms with Gasteiger partial charge in [-0.2, -0.15) is 0 Å². The molecule has 0 aliphatic carbocycles. The van der Waals surface area contributed by atoms with Gasteiger partial charge in [-0.3, -0.25) is 0 Å². The van der Waals surface area contributed by atoms with E-state index < -0.39 is 5.96 Å². The van der Waals surface area contributed by atoms with Gasteiger partial charge in [0.15, 0.2) is 0 Å². The third-order valence-electron chi connectivity index (χ3n) is 6.63. The molecule has 0 atom stereocenters. The molecule has 0 aromatic heterocycles. The number of halogens is 2. The van der Waals surface area contributed by atoms with Crippen molar-refractivity contribution in [3.63, 3.8) is 0 Å². The van der Waals surface area contributed by atoms with Crippen molar-refractivity contribution in [1.82, 2.24) is 5.32 Å². The first kappa shape index (κ1) is 25.9. The molecule has 5 rings (SSSR count). The van der Waals surface area contributed by atoms with Gasteiger partial charge in [-0.25, -0.2) is 0 Å². The molecule has 0 bridgehead atoms. The van der Waals surface area contributed by atoms with Crippen LogP contribution in [0.15, 0.2) is 151 Å². The number of amides is 1. The average molecular weight is 554 g/mol. The summed E-state index contributed by atoms with van der Waals surface area (Å²) in [4.78, 5) is 13.8. The van der Waals surface area contributed by atoms with E-state index in [-0.39, 0.29) is 5.91 Å². The van der Waals surface area contributed by atoms with Crippen LogP contribution >= 0.6 is 28.8 Å². The van der Waals surface area contributed by atoms with Crippen molar-refractivity contribution in [2.24, 2.45) is 0 Å². The first-order valence-electron chi connectivity index (χ1n) is 12.2. The summed E-state index contributed by atoms with van der Waals surface area (Å²) < 4.78 is 0. The monoisotopic (exact) mass is 553 g/mol. The summed E-state index contributed by atoms with van der Waals surface area (Å²) in [6.45, 7) is 0. The second kappa shape index (κ2) is 11.0. The van der Waals surface area contributed by atoms with Crippen LogP contribution in [0.25, 0.3) is 6.08 Å². The zero-order valence-corrected chi connectivity index (χ0v) is 23.0. The van der Waals surface area contributed by atoms with Gasteiger partial charge in [0.1, 0.15) is 0 Å². The zero-order valence-electron chi connectivity index (χ0n) is 20.5. The second-order valence-corrected chi connectivity index (χ2v) is 15.4. The van der Waals surface area contributed by atoms with E-state index in [0.717, 1.165) is 21.5 Å². The standard InChI is InChI=1S/C33H26Cl2NOP/c34-28-23-21-26(22-24-28)25-32(36-33(37)27-13-5-1-6-14-27)38(35,29-15-7-2-8-16-29,30-17-9-3-10-18-30)31-19-11-4-12-20-31/h1-25H,(H,36,37). The predicted molar refractivity (Wildman–Crippen MR) is 164 cm³/mol. The molecule has 0 unspecified atom stereocenters. The Balaban J connectivity index is 1.89. The fraction of sp³-hybridized carbons (Fsp3) is 0. The number of rotatable bonds is 7. The van der Waals surface area contributed by atoms with E-state index in [1.807, 2.05) is 103 Å². The molecule has 0 radical (unpaired) electrons. The van der Waals surface area contributed by atoms with Crippen molar-refractivity contribution >= 4 is 56.7 Å². The van der Waals surface area contributed by atoms with Gasteiger partial charge in [-0.05, 0) is 0 Å². The van der Waals surface area contributed by atoms with Crippen molar-refractivity contribution in [2.45, 2.75) is 0 Å². The van der Waals surface area contributed by atoms with Crippen LogP contribution in [-0.2, 0) is 0 Å². The molecule has 0 saturated carbocycles. The molecular formula is C33H26Cl2NOP. The summed E-state index contributed by atoms with van der Waals surface area (Å²) in [7, 11) is 0. The third-order valence-corrected chi connectivity index (χ3v) is 14.1. The molecule has 1 amide bonds. The summed E-state index contributed by atoms with van der Waals surface area (Å²) in [5.74, 6) is -4.24. The molecule has 0 fully saturated rings. The molecule has 0 spiro atoms. The minimum atomic E-state index is -4.01. The summed E-state index contributed by atoms with van der Waals surface area (Å²) in [5, 5.41) is 6.69. The van der Waals surface area contributed by atoms with Gasteiger partial charge >= 0.3 is 234 Å². The van der Waals surface area contributed by atoms with Crippen LogP contribution in [0.2, 0.25) is 5.02 Å². The van der Waals surface area contributed by atoms with Gasteiger partial charge in [-0.15, -0.1) is 0 Å². The normalized spacial score (nSPS) is 12.8. The quantitative estimate of drug-likeness (QED) is 0.205. The zero-order chi connectivity index (χ0) is 26.5. The Labute approximate surface area is 233 Å². The van der Waals surface area contributed by atoms with E-state index in [2.05, 4.69) is 41.7 Å². The topological polar surface area (TPSA) is 29.1 Å². The number of carbonyl (C=O) groups excluding carboxylic acids is 1. The van der Waals surface area contributed by atoms with Crippen LogP contribution in [0.4, 0.5) is 0 Å². The van der Waals surface area contributed by atoms with Crippen LogP contribution in [-0.4, -0.2) is 5.91 Å². The Kier molecular flexibility index (Phi) is 7.49. The third kappa shape index (κ3) is 4.68. The summed E-state index contributed by atoms with van der Waals surface area (Å²) in [6.07, 6.45) is 1.98. The average Bonchev–Trinajstić information content (AvgIpc) is 2.99. The minimum absolute atomic E-state index is 0.233. The predicted octanol–water partition coefficient (Wildman–Crippen LogP) is 7.75. The van der Waals surface area contributed by atoms with Crippen molar-refractivity contribution < 1.29 is 4.79 Å². The van der Waals surface area contributed by atoms with Crippen molar-refractivity contribution in [3.8, 4) is 0 Å². The summed E-state index contributed by atoms with van der Waals surface area (Å²) >= 11 is 14.6. The Morgan fingerprint density at radius 3 is 1.39 bits per heavy atom. The first-order valence-corrected chi connectivity index (χ1v) is 15.8. The SMILES string of the molecule is O=C(NC(=Cc1ccc(Cl)cc1)P(Cl)(c1ccccc1)(c1ccccc1)c1ccccc1)c1ccccc1. The molecule has 0 heterocycles. The number of benzene rings is 5. The van der Waals surface area contributed by atoms with Crippen molar-refractivity contribution in [2.75, 3.05) is 0 Å². The van der Waals surface area contributed by atoms with E-state index in [1.165, 1.54) is 0 Å². The Morgan fingerprint density at radius 2 is 0.974 bits per heavy atom. The fourth-order valence-corrected chi connectivity index (χ4v) is 10.8. The summed E-state index contributed by atoms with van der Waals surface area (Å²) in [6, 6.07) is 46.9. The maximum atomic E-state index is 13.8. The molecule has 188 valence electrons. The van der Waals surface area contributed by atoms with Crippen molar-refractivity contribution in [1.29, 1.82) is 0 Å². The number of nitrogens with one attached hydrogen (secondary N) is 1. The molecule has 5 heteroatoms. The molecule has 0 aliphatic rings. The van der Waals surface area contributed by atoms with E-state index in [4.69, 9.17) is 22.8 Å². The van der Waals surface area contributed by atoms with Crippen LogP contribution in [0, 0.1) is 0 Å². The molecule has 0 aliphatic heterocycles. The molecule has 0 saturated heterocycles. The van der Waals surface area contributed by atoms with E-state index in [9.17, 15) is 4.79 Å². The number of hydrogen-bond donors (Lipinski definition) is 1. The fourth-order valence-electron chi connectivity index (χ4n) is 4.75. The van der Waals surface area contributed by atoms with Gasteiger partial charge in [0.2, 0.25) is 0 Å². The van der Waals surface area contributed by atoms with Gasteiger partial charge < -0.3 is 0 Å². The van der Waals surface area contributed by atoms with Gasteiger partial charge in [-0.1, -0.05) is 0 Å². The van der Waals surface area contributed by atoms with Gasteiger partial charge in [0.25, 0.3) is 0 Å². The van der Waals surface area contributed by atoms with Crippen molar-refractivity contribution in [3.05, 3.63) is 167 Å². The van der Waals surface area contributed by atoms with Crippen LogP contribution in [0.5, 0.6) is 0 Å². The Bertz CT molecular complexity index is 1460. The first-order chi connectivity index (χ1) is 18.5. The van der Waals surface area contributed by atoms with E-state index in [0.29, 0.717) is 16.0 Å². The Hall–Kier alpha value is -3.68. The Morgan fingerprint density at radius 1 is 0.579 bits per heavy atom. The molecule has 2 nitrogen and oxygen atoms in total. The van der Waals surface area contributed by atoms with E-state index >= 15 is 0 Å². The second-order valence-electron chi connectivity index (χ2n) is 8.92.